The second kappa shape index (κ2) is 10.2. The first-order valence-electron chi connectivity index (χ1n) is 11.6. The molecule has 2 aromatic heterocycles. The van der Waals surface area contributed by atoms with Gasteiger partial charge in [0.25, 0.3) is 0 Å². The third-order valence-corrected chi connectivity index (χ3v) is 6.23. The summed E-state index contributed by atoms with van der Waals surface area (Å²) in [4.78, 5) is 28.6. The molecule has 2 aromatic carbocycles. The maximum Gasteiger partial charge on any atom is 0.246 e. The van der Waals surface area contributed by atoms with Gasteiger partial charge in [0.2, 0.25) is 5.91 Å². The highest BCUT2D eigenvalue weighted by Gasteiger charge is 2.26. The standard InChI is InChI=1S/C29H26N4O/c34-27(14-13-22-8-3-1-4-9-22)33-18-15-24(16-19-33)28-26(23-10-5-2-6-11-23)21-31-29(32-28)25-12-7-17-30-20-25/h1-14,17,20-21,24H,15-16,18-19H2. The first-order valence-corrected chi connectivity index (χ1v) is 11.6. The van der Waals surface area contributed by atoms with Crippen LogP contribution in [-0.2, 0) is 4.79 Å². The minimum atomic E-state index is 0.0596. The van der Waals surface area contributed by atoms with Crippen LogP contribution in [0.5, 0.6) is 0 Å². The number of rotatable bonds is 5. The van der Waals surface area contributed by atoms with Crippen LogP contribution in [0.15, 0.2) is 97.5 Å². The molecule has 1 amide bonds. The Morgan fingerprint density at radius 2 is 1.56 bits per heavy atom. The van der Waals surface area contributed by atoms with Gasteiger partial charge in [0.05, 0.1) is 5.69 Å². The second-order valence-corrected chi connectivity index (χ2v) is 8.44. The van der Waals surface area contributed by atoms with Crippen LogP contribution >= 0.6 is 0 Å². The monoisotopic (exact) mass is 446 g/mol. The number of carbonyl (C=O) groups is 1. The molecule has 1 aliphatic rings. The smallest absolute Gasteiger partial charge is 0.246 e. The Labute approximate surface area is 199 Å². The third-order valence-electron chi connectivity index (χ3n) is 6.23. The number of hydrogen-bond acceptors (Lipinski definition) is 4. The van der Waals surface area contributed by atoms with Crippen LogP contribution in [0.2, 0.25) is 0 Å². The lowest BCUT2D eigenvalue weighted by Gasteiger charge is -2.32. The molecule has 1 saturated heterocycles. The molecule has 0 unspecified atom stereocenters. The number of nitrogens with zero attached hydrogens (tertiary/aromatic N) is 4. The van der Waals surface area contributed by atoms with Crippen LogP contribution in [0.25, 0.3) is 28.6 Å². The first kappa shape index (κ1) is 21.7. The van der Waals surface area contributed by atoms with E-state index in [4.69, 9.17) is 4.98 Å². The average Bonchev–Trinajstić information content (AvgIpc) is 2.93. The SMILES string of the molecule is O=C(C=Cc1ccccc1)N1CCC(c2nc(-c3cccnc3)ncc2-c2ccccc2)CC1. The van der Waals surface area contributed by atoms with Gasteiger partial charge in [-0.15, -0.1) is 0 Å². The van der Waals surface area contributed by atoms with Crippen molar-refractivity contribution in [3.8, 4) is 22.5 Å². The first-order chi connectivity index (χ1) is 16.8. The summed E-state index contributed by atoms with van der Waals surface area (Å²) in [6.07, 6.45) is 10.8. The molecule has 5 rings (SSSR count). The van der Waals surface area contributed by atoms with E-state index >= 15 is 0 Å². The van der Waals surface area contributed by atoms with E-state index < -0.39 is 0 Å². The predicted octanol–water partition coefficient (Wildman–Crippen LogP) is 5.63. The van der Waals surface area contributed by atoms with E-state index in [-0.39, 0.29) is 11.8 Å². The average molecular weight is 447 g/mol. The van der Waals surface area contributed by atoms with Crippen LogP contribution in [0.3, 0.4) is 0 Å². The fourth-order valence-electron chi connectivity index (χ4n) is 4.39. The highest BCUT2D eigenvalue weighted by atomic mass is 16.2. The number of carbonyl (C=O) groups excluding carboxylic acids is 1. The molecule has 0 bridgehead atoms. The molecule has 0 aliphatic carbocycles. The summed E-state index contributed by atoms with van der Waals surface area (Å²) in [6, 6.07) is 24.1. The van der Waals surface area contributed by atoms with Crippen molar-refractivity contribution in [3.05, 3.63) is 109 Å². The maximum absolute atomic E-state index is 12.7. The largest absolute Gasteiger partial charge is 0.339 e. The molecule has 1 aliphatic heterocycles. The Morgan fingerprint density at radius 3 is 2.26 bits per heavy atom. The number of pyridine rings is 1. The van der Waals surface area contributed by atoms with E-state index in [1.165, 1.54) is 0 Å². The van der Waals surface area contributed by atoms with Crippen LogP contribution in [0.1, 0.15) is 30.0 Å². The van der Waals surface area contributed by atoms with Crippen LogP contribution < -0.4 is 0 Å². The van der Waals surface area contributed by atoms with E-state index in [0.29, 0.717) is 18.9 Å². The van der Waals surface area contributed by atoms with Crippen molar-refractivity contribution >= 4 is 12.0 Å². The van der Waals surface area contributed by atoms with Crippen molar-refractivity contribution in [2.75, 3.05) is 13.1 Å². The fraction of sp³-hybridized carbons (Fsp3) is 0.172. The maximum atomic E-state index is 12.7. The Morgan fingerprint density at radius 1 is 0.853 bits per heavy atom. The van der Waals surface area contributed by atoms with E-state index in [9.17, 15) is 4.79 Å². The lowest BCUT2D eigenvalue weighted by atomic mass is 9.88. The van der Waals surface area contributed by atoms with Gasteiger partial charge < -0.3 is 4.90 Å². The minimum absolute atomic E-state index is 0.0596. The predicted molar refractivity (Wildman–Crippen MR) is 135 cm³/mol. The van der Waals surface area contributed by atoms with Gasteiger partial charge in [-0.05, 0) is 42.2 Å². The molecule has 0 radical (unpaired) electrons. The number of likely N-dealkylation sites (tertiary alicyclic amines) is 1. The zero-order chi connectivity index (χ0) is 23.2. The van der Waals surface area contributed by atoms with Gasteiger partial charge >= 0.3 is 0 Å². The Bertz CT molecular complexity index is 1270. The van der Waals surface area contributed by atoms with Crippen molar-refractivity contribution in [1.29, 1.82) is 0 Å². The molecule has 0 atom stereocenters. The van der Waals surface area contributed by atoms with Crippen LogP contribution in [0, 0.1) is 0 Å². The summed E-state index contributed by atoms with van der Waals surface area (Å²) in [5.74, 6) is 1.01. The molecule has 5 heteroatoms. The summed E-state index contributed by atoms with van der Waals surface area (Å²) in [6.45, 7) is 1.42. The highest BCUT2D eigenvalue weighted by Crippen LogP contribution is 2.35. The third kappa shape index (κ3) is 4.94. The molecule has 4 aromatic rings. The fourth-order valence-corrected chi connectivity index (χ4v) is 4.39. The quantitative estimate of drug-likeness (QED) is 0.373. The minimum Gasteiger partial charge on any atom is -0.339 e. The Balaban J connectivity index is 1.37. The van der Waals surface area contributed by atoms with E-state index in [0.717, 1.165) is 40.8 Å². The summed E-state index contributed by atoms with van der Waals surface area (Å²) in [7, 11) is 0. The Kier molecular flexibility index (Phi) is 6.52. The summed E-state index contributed by atoms with van der Waals surface area (Å²) in [5.41, 5.74) is 5.15. The molecule has 0 saturated carbocycles. The molecule has 3 heterocycles. The van der Waals surface area contributed by atoms with Crippen molar-refractivity contribution in [1.82, 2.24) is 19.9 Å². The normalized spacial score (nSPS) is 14.4. The van der Waals surface area contributed by atoms with Gasteiger partial charge in [-0.25, -0.2) is 9.97 Å². The zero-order valence-electron chi connectivity index (χ0n) is 18.9. The number of benzene rings is 2. The van der Waals surface area contributed by atoms with Crippen molar-refractivity contribution in [2.24, 2.45) is 0 Å². The Hall–Kier alpha value is -4.12. The number of piperidine rings is 1. The van der Waals surface area contributed by atoms with Crippen molar-refractivity contribution < 1.29 is 4.79 Å². The molecule has 5 nitrogen and oxygen atoms in total. The van der Waals surface area contributed by atoms with E-state index in [2.05, 4.69) is 22.1 Å². The zero-order valence-corrected chi connectivity index (χ0v) is 18.9. The second-order valence-electron chi connectivity index (χ2n) is 8.44. The van der Waals surface area contributed by atoms with Gasteiger partial charge in [0, 0.05) is 54.8 Å². The number of hydrogen-bond donors (Lipinski definition) is 0. The summed E-state index contributed by atoms with van der Waals surface area (Å²) < 4.78 is 0. The summed E-state index contributed by atoms with van der Waals surface area (Å²) >= 11 is 0. The van der Waals surface area contributed by atoms with Gasteiger partial charge in [-0.1, -0.05) is 60.7 Å². The van der Waals surface area contributed by atoms with Gasteiger partial charge in [-0.2, -0.15) is 0 Å². The van der Waals surface area contributed by atoms with Gasteiger partial charge in [0.1, 0.15) is 0 Å². The molecule has 0 spiro atoms. The number of aromatic nitrogens is 3. The van der Waals surface area contributed by atoms with Crippen LogP contribution in [0.4, 0.5) is 0 Å². The highest BCUT2D eigenvalue weighted by molar-refractivity contribution is 5.91. The molecule has 1 fully saturated rings. The van der Waals surface area contributed by atoms with Gasteiger partial charge in [0.15, 0.2) is 5.82 Å². The van der Waals surface area contributed by atoms with E-state index in [1.807, 2.05) is 77.8 Å². The van der Waals surface area contributed by atoms with Crippen molar-refractivity contribution in [3.63, 3.8) is 0 Å². The number of amides is 1. The lowest BCUT2D eigenvalue weighted by Crippen LogP contribution is -2.37. The van der Waals surface area contributed by atoms with Crippen molar-refractivity contribution in [2.45, 2.75) is 18.8 Å². The van der Waals surface area contributed by atoms with Crippen LogP contribution in [-0.4, -0.2) is 38.8 Å². The van der Waals surface area contributed by atoms with E-state index in [1.54, 1.807) is 18.5 Å². The van der Waals surface area contributed by atoms with Gasteiger partial charge in [-0.3, -0.25) is 9.78 Å². The molecular weight excluding hydrogens is 420 g/mol. The topological polar surface area (TPSA) is 59.0 Å². The summed E-state index contributed by atoms with van der Waals surface area (Å²) in [5, 5.41) is 0. The molecular formula is C29H26N4O. The molecule has 34 heavy (non-hydrogen) atoms. The molecule has 168 valence electrons. The molecule has 0 N–H and O–H groups in total. The lowest BCUT2D eigenvalue weighted by molar-refractivity contribution is -0.126.